The van der Waals surface area contributed by atoms with Gasteiger partial charge in [-0.1, -0.05) is 0 Å². The summed E-state index contributed by atoms with van der Waals surface area (Å²) in [5, 5.41) is 15.8. The van der Waals surface area contributed by atoms with Gasteiger partial charge in [-0.25, -0.2) is 4.79 Å². The van der Waals surface area contributed by atoms with Gasteiger partial charge in [-0.15, -0.1) is 11.6 Å². The van der Waals surface area contributed by atoms with Crippen molar-refractivity contribution in [2.45, 2.75) is 18.4 Å². The number of aliphatic hydroxyl groups is 1. The normalized spacial score (nSPS) is 17.4. The van der Waals surface area contributed by atoms with E-state index in [0.717, 1.165) is 0 Å². The van der Waals surface area contributed by atoms with Gasteiger partial charge in [0, 0.05) is 0 Å². The van der Waals surface area contributed by atoms with Gasteiger partial charge in [-0.3, -0.25) is 0 Å². The molecule has 0 bridgehead atoms. The molecule has 0 aromatic carbocycles. The highest BCUT2D eigenvalue weighted by Gasteiger charge is 2.18. The zero-order valence-electron chi connectivity index (χ0n) is 4.34. The molecule has 8 heavy (non-hydrogen) atoms. The maximum Gasteiger partial charge on any atom is 0.334 e. The second-order valence-corrected chi connectivity index (χ2v) is 2.15. The zero-order chi connectivity index (χ0) is 6.73. The number of hydrogen-bond donors (Lipinski definition) is 2. The minimum absolute atomic E-state index is 0.729. The van der Waals surface area contributed by atoms with E-state index in [1.54, 1.807) is 0 Å². The molecule has 4 heteroatoms. The largest absolute Gasteiger partial charge is 0.479 e. The molecule has 0 aliphatic heterocycles. The molecule has 0 radical (unpaired) electrons. The zero-order valence-corrected chi connectivity index (χ0v) is 5.09. The van der Waals surface area contributed by atoms with Gasteiger partial charge < -0.3 is 10.2 Å². The molecule has 0 aliphatic rings. The minimum Gasteiger partial charge on any atom is -0.479 e. The van der Waals surface area contributed by atoms with E-state index in [2.05, 4.69) is 0 Å². The first-order valence-corrected chi connectivity index (χ1v) is 2.54. The first kappa shape index (κ1) is 7.72. The lowest BCUT2D eigenvalue weighted by Crippen LogP contribution is -2.27. The molecule has 2 N–H and O–H groups in total. The quantitative estimate of drug-likeness (QED) is 0.531. The molecule has 0 fully saturated rings. The minimum atomic E-state index is -1.45. The van der Waals surface area contributed by atoms with Gasteiger partial charge in [0.1, 0.15) is 0 Å². The third-order valence-corrected chi connectivity index (χ3v) is 0.927. The van der Waals surface area contributed by atoms with Crippen molar-refractivity contribution in [3.05, 3.63) is 0 Å². The van der Waals surface area contributed by atoms with Crippen molar-refractivity contribution in [2.75, 3.05) is 0 Å². The number of rotatable bonds is 2. The van der Waals surface area contributed by atoms with E-state index in [-0.39, 0.29) is 0 Å². The number of alkyl halides is 1. The van der Waals surface area contributed by atoms with E-state index in [1.165, 1.54) is 6.92 Å². The summed E-state index contributed by atoms with van der Waals surface area (Å²) in [6, 6.07) is 0. The Morgan fingerprint density at radius 2 is 2.12 bits per heavy atom. The maximum absolute atomic E-state index is 9.81. The molecule has 0 unspecified atom stereocenters. The van der Waals surface area contributed by atoms with Crippen molar-refractivity contribution in [3.63, 3.8) is 0 Å². The highest BCUT2D eigenvalue weighted by atomic mass is 35.5. The molecular weight excluding hydrogens is 131 g/mol. The Hall–Kier alpha value is -0.280. The van der Waals surface area contributed by atoms with Crippen LogP contribution in [0.2, 0.25) is 0 Å². The topological polar surface area (TPSA) is 57.5 Å². The first-order chi connectivity index (χ1) is 3.55. The third kappa shape index (κ3) is 2.14. The molecule has 0 saturated carbocycles. The maximum atomic E-state index is 9.81. The molecule has 0 saturated heterocycles. The van der Waals surface area contributed by atoms with Gasteiger partial charge in [-0.2, -0.15) is 0 Å². The average molecular weight is 139 g/mol. The number of carboxylic acid groups (broad SMARTS) is 1. The van der Waals surface area contributed by atoms with Gasteiger partial charge in [0.2, 0.25) is 0 Å². The van der Waals surface area contributed by atoms with Crippen molar-refractivity contribution in [2.24, 2.45) is 0 Å². The fourth-order valence-electron chi connectivity index (χ4n) is 0.196. The molecule has 0 aromatic rings. The molecule has 2 atom stereocenters. The van der Waals surface area contributed by atoms with E-state index in [1.807, 2.05) is 0 Å². The molecule has 48 valence electrons. The van der Waals surface area contributed by atoms with Crippen LogP contribution in [0.1, 0.15) is 6.92 Å². The highest BCUT2D eigenvalue weighted by molar-refractivity contribution is 6.22. The second kappa shape index (κ2) is 2.89. The van der Waals surface area contributed by atoms with Gasteiger partial charge in [0.05, 0.1) is 5.38 Å². The molecule has 0 aromatic heterocycles. The fourth-order valence-corrected chi connectivity index (χ4v) is 0.304. The van der Waals surface area contributed by atoms with Crippen LogP contribution in [0.4, 0.5) is 0 Å². The number of carboxylic acids is 1. The summed E-state index contributed by atoms with van der Waals surface area (Å²) < 4.78 is 0. The Kier molecular flexibility index (Phi) is 2.79. The molecule has 0 spiro atoms. The molecule has 0 aliphatic carbocycles. The van der Waals surface area contributed by atoms with E-state index in [9.17, 15) is 4.79 Å². The standard InChI is InChI=1S/C4H7ClO3/c1-2(5)3(6)4(7)8/h2-3,6H,1H3,(H,7,8)/t2-,3+/m0/s1. The van der Waals surface area contributed by atoms with Crippen LogP contribution in [0.25, 0.3) is 0 Å². The lowest BCUT2D eigenvalue weighted by molar-refractivity contribution is -0.146. The second-order valence-electron chi connectivity index (χ2n) is 1.46. The Labute approximate surface area is 51.9 Å². The smallest absolute Gasteiger partial charge is 0.334 e. The van der Waals surface area contributed by atoms with Crippen LogP contribution in [0.15, 0.2) is 0 Å². The lowest BCUT2D eigenvalue weighted by Gasteiger charge is -2.04. The summed E-state index contributed by atoms with van der Waals surface area (Å²) in [5.41, 5.74) is 0. The summed E-state index contributed by atoms with van der Waals surface area (Å²) in [5.74, 6) is -1.28. The number of aliphatic hydroxyl groups excluding tert-OH is 1. The summed E-state index contributed by atoms with van der Waals surface area (Å²) >= 11 is 5.19. The SMILES string of the molecule is C[C@H](Cl)[C@@H](O)C(=O)O. The van der Waals surface area contributed by atoms with Gasteiger partial charge in [-0.05, 0) is 6.92 Å². The monoisotopic (exact) mass is 138 g/mol. The number of hydrogen-bond acceptors (Lipinski definition) is 2. The van der Waals surface area contributed by atoms with Gasteiger partial charge in [0.25, 0.3) is 0 Å². The third-order valence-electron chi connectivity index (χ3n) is 0.688. The molecular formula is C4H7ClO3. The summed E-state index contributed by atoms with van der Waals surface area (Å²) in [7, 11) is 0. The highest BCUT2D eigenvalue weighted by Crippen LogP contribution is 1.99. The van der Waals surface area contributed by atoms with E-state index < -0.39 is 17.5 Å². The van der Waals surface area contributed by atoms with Crippen molar-refractivity contribution in [3.8, 4) is 0 Å². The van der Waals surface area contributed by atoms with E-state index in [0.29, 0.717) is 0 Å². The Balaban J connectivity index is 3.64. The lowest BCUT2D eigenvalue weighted by atomic mass is 10.3. The van der Waals surface area contributed by atoms with Crippen LogP contribution in [-0.2, 0) is 4.79 Å². The van der Waals surface area contributed by atoms with Crippen LogP contribution in [0.3, 0.4) is 0 Å². The number of halogens is 1. The first-order valence-electron chi connectivity index (χ1n) is 2.10. The van der Waals surface area contributed by atoms with Crippen LogP contribution in [-0.4, -0.2) is 27.7 Å². The summed E-state index contributed by atoms with van der Waals surface area (Å²) in [6.07, 6.45) is -1.45. The molecule has 0 amide bonds. The van der Waals surface area contributed by atoms with Crippen molar-refractivity contribution in [1.29, 1.82) is 0 Å². The van der Waals surface area contributed by atoms with Crippen LogP contribution >= 0.6 is 11.6 Å². The Morgan fingerprint density at radius 1 is 1.75 bits per heavy atom. The van der Waals surface area contributed by atoms with Crippen molar-refractivity contribution in [1.82, 2.24) is 0 Å². The summed E-state index contributed by atoms with van der Waals surface area (Å²) in [4.78, 5) is 9.81. The Morgan fingerprint density at radius 3 is 2.12 bits per heavy atom. The van der Waals surface area contributed by atoms with Crippen molar-refractivity contribution >= 4 is 17.6 Å². The average Bonchev–Trinajstić information content (AvgIpc) is 1.64. The predicted octanol–water partition coefficient (Wildman–Crippen LogP) is 0.0592. The fraction of sp³-hybridized carbons (Fsp3) is 0.750. The van der Waals surface area contributed by atoms with Gasteiger partial charge >= 0.3 is 5.97 Å². The number of aliphatic carboxylic acids is 1. The van der Waals surface area contributed by atoms with E-state index in [4.69, 9.17) is 21.8 Å². The van der Waals surface area contributed by atoms with Crippen LogP contribution < -0.4 is 0 Å². The Bertz CT molecular complexity index is 91.3. The van der Waals surface area contributed by atoms with Crippen molar-refractivity contribution < 1.29 is 15.0 Å². The van der Waals surface area contributed by atoms with Crippen LogP contribution in [0.5, 0.6) is 0 Å². The van der Waals surface area contributed by atoms with E-state index >= 15 is 0 Å². The van der Waals surface area contributed by atoms with Crippen LogP contribution in [0, 0.1) is 0 Å². The molecule has 0 rings (SSSR count). The molecule has 0 heterocycles. The number of carbonyl (C=O) groups is 1. The van der Waals surface area contributed by atoms with Gasteiger partial charge in [0.15, 0.2) is 6.10 Å². The predicted molar refractivity (Wildman–Crippen MR) is 29.0 cm³/mol. The summed E-state index contributed by atoms with van der Waals surface area (Å²) in [6.45, 7) is 1.42. The molecule has 3 nitrogen and oxygen atoms in total.